The second-order valence-electron chi connectivity index (χ2n) is 6.68. The van der Waals surface area contributed by atoms with Crippen LogP contribution in [0.4, 0.5) is 5.69 Å². The van der Waals surface area contributed by atoms with Gasteiger partial charge in [-0.3, -0.25) is 10.1 Å². The Labute approximate surface area is 194 Å². The fourth-order valence-electron chi connectivity index (χ4n) is 3.15. The first-order valence-corrected chi connectivity index (χ1v) is 9.98. The molecule has 0 aliphatic carbocycles. The highest BCUT2D eigenvalue weighted by Crippen LogP contribution is 2.47. The van der Waals surface area contributed by atoms with Crippen molar-refractivity contribution in [3.05, 3.63) is 86.4 Å². The zero-order valence-electron chi connectivity index (χ0n) is 17.7. The van der Waals surface area contributed by atoms with Crippen molar-refractivity contribution in [1.82, 2.24) is 0 Å². The molecule has 0 aliphatic rings. The van der Waals surface area contributed by atoms with E-state index in [2.05, 4.69) is 0 Å². The normalized spacial score (nSPS) is 10.4. The number of hydrogen-bond donors (Lipinski definition) is 1. The summed E-state index contributed by atoms with van der Waals surface area (Å²) in [6.45, 7) is -0.226. The molecule has 33 heavy (non-hydrogen) atoms. The molecule has 10 heteroatoms. The first-order chi connectivity index (χ1) is 15.9. The Morgan fingerprint density at radius 3 is 2.21 bits per heavy atom. The van der Waals surface area contributed by atoms with Crippen molar-refractivity contribution >= 4 is 23.3 Å². The Balaban J connectivity index is 2.02. The molecule has 0 heterocycles. The average Bonchev–Trinajstić information content (AvgIpc) is 2.81. The highest BCUT2D eigenvalue weighted by Gasteiger charge is 2.28. The molecule has 0 saturated heterocycles. The van der Waals surface area contributed by atoms with Crippen molar-refractivity contribution in [2.24, 2.45) is 0 Å². The average molecular weight is 474 g/mol. The summed E-state index contributed by atoms with van der Waals surface area (Å²) in [5.74, 6) is -1.04. The zero-order chi connectivity index (χ0) is 24.0. The van der Waals surface area contributed by atoms with Gasteiger partial charge in [0.2, 0.25) is 11.5 Å². The van der Waals surface area contributed by atoms with Gasteiger partial charge in [-0.15, -0.1) is 0 Å². The van der Waals surface area contributed by atoms with Crippen LogP contribution >= 0.6 is 11.6 Å². The quantitative estimate of drug-likeness (QED) is 0.318. The van der Waals surface area contributed by atoms with E-state index in [4.69, 9.17) is 30.5 Å². The summed E-state index contributed by atoms with van der Waals surface area (Å²) in [7, 11) is 2.65. The number of carbonyl (C=O) groups is 1. The first kappa shape index (κ1) is 23.7. The molecule has 0 radical (unpaired) electrons. The molecule has 0 unspecified atom stereocenters. The molecule has 0 saturated carbocycles. The van der Waals surface area contributed by atoms with Gasteiger partial charge in [0.15, 0.2) is 5.75 Å². The number of nitro benzene ring substituents is 1. The Bertz CT molecular complexity index is 1180. The van der Waals surface area contributed by atoms with Gasteiger partial charge in [-0.25, -0.2) is 4.79 Å². The number of nitrogens with zero attached hydrogens (tertiary/aromatic N) is 1. The van der Waals surface area contributed by atoms with Gasteiger partial charge in [-0.1, -0.05) is 41.9 Å². The SMILES string of the molecule is COc1c(COc2ccccc2C(=O)O)cc([N+](=O)[O-])c(OC)c1OCc1ccccc1Cl. The van der Waals surface area contributed by atoms with Crippen LogP contribution in [0.5, 0.6) is 23.0 Å². The zero-order valence-corrected chi connectivity index (χ0v) is 18.5. The Hall–Kier alpha value is -3.98. The van der Waals surface area contributed by atoms with Crippen LogP contribution in [0.15, 0.2) is 54.6 Å². The van der Waals surface area contributed by atoms with E-state index < -0.39 is 10.9 Å². The summed E-state index contributed by atoms with van der Waals surface area (Å²) in [5, 5.41) is 21.5. The Morgan fingerprint density at radius 1 is 0.939 bits per heavy atom. The molecular formula is C23H20ClNO8. The van der Waals surface area contributed by atoms with Gasteiger partial charge in [0.05, 0.1) is 19.1 Å². The molecule has 3 aromatic rings. The molecular weight excluding hydrogens is 454 g/mol. The van der Waals surface area contributed by atoms with Gasteiger partial charge in [0, 0.05) is 22.2 Å². The van der Waals surface area contributed by atoms with Crippen molar-refractivity contribution in [1.29, 1.82) is 0 Å². The van der Waals surface area contributed by atoms with Gasteiger partial charge in [-0.2, -0.15) is 0 Å². The largest absolute Gasteiger partial charge is 0.492 e. The third-order valence-electron chi connectivity index (χ3n) is 4.68. The van der Waals surface area contributed by atoms with E-state index in [1.165, 1.54) is 32.4 Å². The Kier molecular flexibility index (Phi) is 7.57. The van der Waals surface area contributed by atoms with Crippen LogP contribution in [0.3, 0.4) is 0 Å². The molecule has 0 aromatic heterocycles. The number of para-hydroxylation sites is 1. The third kappa shape index (κ3) is 5.27. The summed E-state index contributed by atoms with van der Waals surface area (Å²) in [6.07, 6.45) is 0. The predicted molar refractivity (Wildman–Crippen MR) is 120 cm³/mol. The minimum Gasteiger partial charge on any atom is -0.492 e. The number of halogens is 1. The summed E-state index contributed by atoms with van der Waals surface area (Å²) in [5.41, 5.74) is 0.509. The van der Waals surface area contributed by atoms with Crippen molar-refractivity contribution in [3.8, 4) is 23.0 Å². The molecule has 3 rings (SSSR count). The summed E-state index contributed by atoms with van der Waals surface area (Å²) < 4.78 is 22.3. The fourth-order valence-corrected chi connectivity index (χ4v) is 3.34. The van der Waals surface area contributed by atoms with Crippen LogP contribution in [-0.4, -0.2) is 30.2 Å². The lowest BCUT2D eigenvalue weighted by molar-refractivity contribution is -0.385. The Morgan fingerprint density at radius 2 is 1.58 bits per heavy atom. The molecule has 0 atom stereocenters. The molecule has 0 bridgehead atoms. The van der Waals surface area contributed by atoms with Crippen LogP contribution < -0.4 is 18.9 Å². The molecule has 0 aliphatic heterocycles. The summed E-state index contributed by atoms with van der Waals surface area (Å²) in [4.78, 5) is 22.5. The van der Waals surface area contributed by atoms with E-state index in [0.717, 1.165) is 0 Å². The predicted octanol–water partition coefficient (Wildman–Crippen LogP) is 5.12. The molecule has 0 spiro atoms. The van der Waals surface area contributed by atoms with Crippen LogP contribution in [0.2, 0.25) is 5.02 Å². The van der Waals surface area contributed by atoms with Crippen molar-refractivity contribution in [3.63, 3.8) is 0 Å². The fraction of sp³-hybridized carbons (Fsp3) is 0.174. The van der Waals surface area contributed by atoms with Gasteiger partial charge in [-0.05, 0) is 18.2 Å². The molecule has 9 nitrogen and oxygen atoms in total. The monoisotopic (exact) mass is 473 g/mol. The van der Waals surface area contributed by atoms with Crippen LogP contribution in [-0.2, 0) is 13.2 Å². The van der Waals surface area contributed by atoms with Crippen molar-refractivity contribution in [2.45, 2.75) is 13.2 Å². The third-order valence-corrected chi connectivity index (χ3v) is 5.05. The molecule has 0 fully saturated rings. The number of ether oxygens (including phenoxy) is 4. The second kappa shape index (κ2) is 10.6. The summed E-state index contributed by atoms with van der Waals surface area (Å²) in [6, 6.07) is 14.3. The van der Waals surface area contributed by atoms with Crippen LogP contribution in [0, 0.1) is 10.1 Å². The molecule has 3 aromatic carbocycles. The maximum absolute atomic E-state index is 11.7. The van der Waals surface area contributed by atoms with E-state index in [1.807, 2.05) is 0 Å². The lowest BCUT2D eigenvalue weighted by atomic mass is 10.1. The number of aromatic carboxylic acids is 1. The topological polar surface area (TPSA) is 117 Å². The first-order valence-electron chi connectivity index (χ1n) is 9.60. The van der Waals surface area contributed by atoms with Gasteiger partial charge < -0.3 is 24.1 Å². The smallest absolute Gasteiger partial charge is 0.339 e. The maximum Gasteiger partial charge on any atom is 0.339 e. The van der Waals surface area contributed by atoms with E-state index in [-0.39, 0.29) is 53.0 Å². The lowest BCUT2D eigenvalue weighted by Gasteiger charge is -2.18. The van der Waals surface area contributed by atoms with E-state index >= 15 is 0 Å². The number of rotatable bonds is 10. The molecule has 1 N–H and O–H groups in total. The lowest BCUT2D eigenvalue weighted by Crippen LogP contribution is -2.08. The van der Waals surface area contributed by atoms with Crippen LogP contribution in [0.25, 0.3) is 0 Å². The number of hydrogen-bond acceptors (Lipinski definition) is 7. The maximum atomic E-state index is 11.7. The van der Waals surface area contributed by atoms with E-state index in [9.17, 15) is 20.0 Å². The molecule has 0 amide bonds. The van der Waals surface area contributed by atoms with E-state index in [1.54, 1.807) is 36.4 Å². The number of carboxylic acids is 1. The summed E-state index contributed by atoms with van der Waals surface area (Å²) >= 11 is 6.19. The van der Waals surface area contributed by atoms with Gasteiger partial charge in [0.25, 0.3) is 0 Å². The van der Waals surface area contributed by atoms with Gasteiger partial charge >= 0.3 is 11.7 Å². The van der Waals surface area contributed by atoms with Crippen LogP contribution in [0.1, 0.15) is 21.5 Å². The minimum absolute atomic E-state index is 0.000704. The van der Waals surface area contributed by atoms with Crippen molar-refractivity contribution < 1.29 is 33.8 Å². The number of benzene rings is 3. The number of carboxylic acid groups (broad SMARTS) is 1. The number of methoxy groups -OCH3 is 2. The second-order valence-corrected chi connectivity index (χ2v) is 7.08. The van der Waals surface area contributed by atoms with Gasteiger partial charge in [0.1, 0.15) is 24.5 Å². The highest BCUT2D eigenvalue weighted by molar-refractivity contribution is 6.31. The highest BCUT2D eigenvalue weighted by atomic mass is 35.5. The number of nitro groups is 1. The minimum atomic E-state index is -1.16. The standard InChI is InChI=1S/C23H20ClNO8/c1-30-20-15(13-32-19-10-6-4-8-16(19)23(26)27)11-18(25(28)29)21(31-2)22(20)33-12-14-7-3-5-9-17(14)24/h3-11H,12-13H2,1-2H3,(H,26,27). The molecule has 172 valence electrons. The van der Waals surface area contributed by atoms with E-state index in [0.29, 0.717) is 10.6 Å². The van der Waals surface area contributed by atoms with Crippen molar-refractivity contribution in [2.75, 3.05) is 14.2 Å².